The lowest BCUT2D eigenvalue weighted by Gasteiger charge is -2.10. The van der Waals surface area contributed by atoms with Gasteiger partial charge in [-0.05, 0) is 25.1 Å². The molecule has 3 rings (SSSR count). The van der Waals surface area contributed by atoms with E-state index in [0.717, 1.165) is 32.8 Å². The summed E-state index contributed by atoms with van der Waals surface area (Å²) in [6, 6.07) is 5.73. The van der Waals surface area contributed by atoms with E-state index < -0.39 is 0 Å². The Kier molecular flexibility index (Phi) is 3.52. The summed E-state index contributed by atoms with van der Waals surface area (Å²) < 4.78 is 4.68. The predicted octanol–water partition coefficient (Wildman–Crippen LogP) is 4.22. The molecule has 0 fully saturated rings. The van der Waals surface area contributed by atoms with Gasteiger partial charge in [-0.25, -0.2) is 9.67 Å². The highest BCUT2D eigenvalue weighted by molar-refractivity contribution is 9.10. The highest BCUT2D eigenvalue weighted by atomic mass is 79.9. The molecule has 0 saturated carbocycles. The average molecular weight is 374 g/mol. The van der Waals surface area contributed by atoms with Gasteiger partial charge in [0, 0.05) is 11.5 Å². The van der Waals surface area contributed by atoms with Gasteiger partial charge in [0.05, 0.1) is 22.3 Å². The zero-order chi connectivity index (χ0) is 14.4. The van der Waals surface area contributed by atoms with E-state index in [9.17, 15) is 0 Å². The smallest absolute Gasteiger partial charge is 0.163 e. The number of benzene rings is 1. The lowest BCUT2D eigenvalue weighted by atomic mass is 10.3. The molecule has 0 aliphatic heterocycles. The fourth-order valence-electron chi connectivity index (χ4n) is 2.32. The Labute approximate surface area is 134 Å². The maximum Gasteiger partial charge on any atom is 0.163 e. The van der Waals surface area contributed by atoms with E-state index in [1.165, 1.54) is 0 Å². The van der Waals surface area contributed by atoms with Gasteiger partial charge in [-0.3, -0.25) is 4.57 Å². The number of nitrogens with zero attached hydrogens (tertiary/aromatic N) is 4. The van der Waals surface area contributed by atoms with E-state index in [1.54, 1.807) is 4.68 Å². The molecule has 0 spiro atoms. The lowest BCUT2D eigenvalue weighted by molar-refractivity contribution is 0.755. The Morgan fingerprint density at radius 2 is 2.10 bits per heavy atom. The fourth-order valence-corrected chi connectivity index (χ4v) is 3.26. The van der Waals surface area contributed by atoms with Crippen molar-refractivity contribution >= 4 is 50.3 Å². The van der Waals surface area contributed by atoms with Crippen LogP contribution in [0.25, 0.3) is 16.9 Å². The van der Waals surface area contributed by atoms with Crippen LogP contribution in [0.2, 0.25) is 5.02 Å². The van der Waals surface area contributed by atoms with Gasteiger partial charge in [-0.15, -0.1) is 11.6 Å². The molecule has 0 aliphatic carbocycles. The highest BCUT2D eigenvalue weighted by Gasteiger charge is 2.19. The summed E-state index contributed by atoms with van der Waals surface area (Å²) in [5.74, 6) is 1.06. The second-order valence-corrected chi connectivity index (χ2v) is 6.06. The van der Waals surface area contributed by atoms with E-state index >= 15 is 0 Å². The monoisotopic (exact) mass is 372 g/mol. The second kappa shape index (κ2) is 5.06. The number of hydrogen-bond donors (Lipinski definition) is 0. The standard InChI is InChI=1S/C13H11BrCl2N4/c1-7-12-13(19(2)18-7)20(11(6-15)17-12)10-4-3-8(14)5-9(10)16/h3-5H,6H2,1-2H3. The largest absolute Gasteiger partial charge is 0.278 e. The SMILES string of the molecule is Cc1nn(C)c2c1nc(CCl)n2-c1ccc(Br)cc1Cl. The minimum Gasteiger partial charge on any atom is -0.278 e. The number of alkyl halides is 1. The fraction of sp³-hybridized carbons (Fsp3) is 0.231. The van der Waals surface area contributed by atoms with E-state index in [4.69, 9.17) is 23.2 Å². The first kappa shape index (κ1) is 13.9. The van der Waals surface area contributed by atoms with Gasteiger partial charge in [0.2, 0.25) is 0 Å². The van der Waals surface area contributed by atoms with Crippen molar-refractivity contribution in [2.45, 2.75) is 12.8 Å². The molecule has 7 heteroatoms. The van der Waals surface area contributed by atoms with Crippen LogP contribution in [0, 0.1) is 6.92 Å². The lowest BCUT2D eigenvalue weighted by Crippen LogP contribution is -2.04. The quantitative estimate of drug-likeness (QED) is 0.630. The van der Waals surface area contributed by atoms with Crippen LogP contribution in [0.3, 0.4) is 0 Å². The first-order valence-electron chi connectivity index (χ1n) is 5.95. The number of imidazole rings is 1. The molecule has 0 radical (unpaired) electrons. The number of halogens is 3. The molecular weight excluding hydrogens is 363 g/mol. The molecule has 0 amide bonds. The van der Waals surface area contributed by atoms with Crippen molar-refractivity contribution in [3.05, 3.63) is 39.2 Å². The molecular formula is C13H11BrCl2N4. The first-order chi connectivity index (χ1) is 9.52. The summed E-state index contributed by atoms with van der Waals surface area (Å²) in [5, 5.41) is 5.03. The van der Waals surface area contributed by atoms with Gasteiger partial charge in [-0.1, -0.05) is 27.5 Å². The molecule has 4 nitrogen and oxygen atoms in total. The molecule has 0 saturated heterocycles. The van der Waals surface area contributed by atoms with Gasteiger partial charge in [0.15, 0.2) is 5.65 Å². The molecule has 104 valence electrons. The number of aromatic nitrogens is 4. The van der Waals surface area contributed by atoms with Crippen molar-refractivity contribution in [1.82, 2.24) is 19.3 Å². The van der Waals surface area contributed by atoms with Crippen LogP contribution in [0.15, 0.2) is 22.7 Å². The minimum absolute atomic E-state index is 0.306. The number of fused-ring (bicyclic) bond motifs is 1. The molecule has 0 bridgehead atoms. The van der Waals surface area contributed by atoms with E-state index in [0.29, 0.717) is 10.9 Å². The Balaban J connectivity index is 2.39. The van der Waals surface area contributed by atoms with Gasteiger partial charge in [-0.2, -0.15) is 5.10 Å². The van der Waals surface area contributed by atoms with E-state index in [-0.39, 0.29) is 0 Å². The number of hydrogen-bond acceptors (Lipinski definition) is 2. The van der Waals surface area contributed by atoms with Crippen molar-refractivity contribution < 1.29 is 0 Å². The summed E-state index contributed by atoms with van der Waals surface area (Å²) in [5.41, 5.74) is 3.46. The summed E-state index contributed by atoms with van der Waals surface area (Å²) in [6.07, 6.45) is 0. The van der Waals surface area contributed by atoms with Crippen LogP contribution in [0.5, 0.6) is 0 Å². The normalized spacial score (nSPS) is 11.4. The van der Waals surface area contributed by atoms with Gasteiger partial charge >= 0.3 is 0 Å². The molecule has 1 aromatic carbocycles. The summed E-state index contributed by atoms with van der Waals surface area (Å²) in [7, 11) is 1.89. The average Bonchev–Trinajstić information content (AvgIpc) is 2.89. The van der Waals surface area contributed by atoms with Gasteiger partial charge < -0.3 is 0 Å². The molecule has 0 N–H and O–H groups in total. The maximum absolute atomic E-state index is 6.36. The van der Waals surface area contributed by atoms with Crippen molar-refractivity contribution in [3.8, 4) is 5.69 Å². The van der Waals surface area contributed by atoms with Crippen molar-refractivity contribution in [3.63, 3.8) is 0 Å². The highest BCUT2D eigenvalue weighted by Crippen LogP contribution is 2.30. The third-order valence-electron chi connectivity index (χ3n) is 3.14. The summed E-state index contributed by atoms with van der Waals surface area (Å²) in [6.45, 7) is 1.93. The molecule has 3 aromatic rings. The third-order valence-corrected chi connectivity index (χ3v) is 4.18. The van der Waals surface area contributed by atoms with Crippen molar-refractivity contribution in [2.75, 3.05) is 0 Å². The zero-order valence-electron chi connectivity index (χ0n) is 10.9. The molecule has 0 aliphatic rings. The van der Waals surface area contributed by atoms with Crippen LogP contribution in [0.1, 0.15) is 11.5 Å². The van der Waals surface area contributed by atoms with Crippen molar-refractivity contribution in [1.29, 1.82) is 0 Å². The summed E-state index contributed by atoms with van der Waals surface area (Å²) in [4.78, 5) is 4.57. The van der Waals surface area contributed by atoms with Crippen LogP contribution in [-0.4, -0.2) is 19.3 Å². The molecule has 0 atom stereocenters. The predicted molar refractivity (Wildman–Crippen MR) is 84.8 cm³/mol. The number of rotatable bonds is 2. The van der Waals surface area contributed by atoms with Crippen LogP contribution in [0.4, 0.5) is 0 Å². The molecule has 2 aromatic heterocycles. The van der Waals surface area contributed by atoms with Crippen molar-refractivity contribution in [2.24, 2.45) is 7.05 Å². The number of aryl methyl sites for hydroxylation is 2. The molecule has 2 heterocycles. The van der Waals surface area contributed by atoms with Gasteiger partial charge in [0.1, 0.15) is 11.3 Å². The second-order valence-electron chi connectivity index (χ2n) is 4.47. The Bertz CT molecular complexity index is 806. The van der Waals surface area contributed by atoms with Crippen LogP contribution < -0.4 is 0 Å². The Morgan fingerprint density at radius 3 is 2.75 bits per heavy atom. The Morgan fingerprint density at radius 1 is 1.35 bits per heavy atom. The van der Waals surface area contributed by atoms with Crippen LogP contribution >= 0.6 is 39.1 Å². The van der Waals surface area contributed by atoms with E-state index in [1.807, 2.05) is 36.7 Å². The first-order valence-corrected chi connectivity index (χ1v) is 7.65. The molecule has 0 unspecified atom stereocenters. The topological polar surface area (TPSA) is 35.6 Å². The molecule has 20 heavy (non-hydrogen) atoms. The Hall–Kier alpha value is -1.04. The maximum atomic E-state index is 6.36. The third kappa shape index (κ3) is 2.05. The summed E-state index contributed by atoms with van der Waals surface area (Å²) >= 11 is 15.8. The minimum atomic E-state index is 0.306. The van der Waals surface area contributed by atoms with E-state index in [2.05, 4.69) is 26.0 Å². The van der Waals surface area contributed by atoms with Crippen LogP contribution in [-0.2, 0) is 12.9 Å². The van der Waals surface area contributed by atoms with Gasteiger partial charge in [0.25, 0.3) is 0 Å². The zero-order valence-corrected chi connectivity index (χ0v) is 14.0.